The van der Waals surface area contributed by atoms with Crippen molar-refractivity contribution in [2.24, 2.45) is 0 Å². The third-order valence-electron chi connectivity index (χ3n) is 4.02. The maximum atomic E-state index is 14.3. The molecular weight excluding hydrogens is 366 g/mol. The second-order valence-electron chi connectivity index (χ2n) is 6.06. The molecule has 2 aromatic carbocycles. The minimum Gasteiger partial charge on any atom is -0.459 e. The Kier molecular flexibility index (Phi) is 6.16. The molecule has 0 aliphatic rings. The number of carbonyl (C=O) groups excluding carboxylic acids is 2. The first kappa shape index (κ1) is 19.3. The molecule has 7 heteroatoms. The Bertz CT molecular complexity index is 957. The SMILES string of the molecule is O=C(CCCNC(=O)c1ccco1)Nc1c(F)cc(F)cc1-c1ccccc1. The van der Waals surface area contributed by atoms with Crippen LogP contribution in [0.25, 0.3) is 11.1 Å². The lowest BCUT2D eigenvalue weighted by molar-refractivity contribution is -0.116. The molecule has 5 nitrogen and oxygen atoms in total. The van der Waals surface area contributed by atoms with E-state index in [0.29, 0.717) is 12.0 Å². The van der Waals surface area contributed by atoms with Crippen LogP contribution in [0, 0.1) is 11.6 Å². The topological polar surface area (TPSA) is 71.3 Å². The average molecular weight is 384 g/mol. The van der Waals surface area contributed by atoms with Crippen molar-refractivity contribution >= 4 is 17.5 Å². The van der Waals surface area contributed by atoms with Crippen LogP contribution in [-0.4, -0.2) is 18.4 Å². The zero-order valence-electron chi connectivity index (χ0n) is 14.9. The number of nitrogens with one attached hydrogen (secondary N) is 2. The van der Waals surface area contributed by atoms with Crippen molar-refractivity contribution in [3.8, 4) is 11.1 Å². The third-order valence-corrected chi connectivity index (χ3v) is 4.02. The number of benzene rings is 2. The molecular formula is C21H18F2N2O3. The van der Waals surface area contributed by atoms with Crippen molar-refractivity contribution in [1.29, 1.82) is 0 Å². The first-order valence-corrected chi connectivity index (χ1v) is 8.70. The van der Waals surface area contributed by atoms with Gasteiger partial charge in [0.1, 0.15) is 11.6 Å². The molecule has 3 rings (SSSR count). The molecule has 0 bridgehead atoms. The summed E-state index contributed by atoms with van der Waals surface area (Å²) in [6.07, 6.45) is 1.80. The normalized spacial score (nSPS) is 10.5. The zero-order chi connectivity index (χ0) is 19.9. The van der Waals surface area contributed by atoms with Crippen LogP contribution < -0.4 is 10.6 Å². The van der Waals surface area contributed by atoms with Crippen molar-refractivity contribution < 1.29 is 22.8 Å². The highest BCUT2D eigenvalue weighted by Crippen LogP contribution is 2.31. The van der Waals surface area contributed by atoms with Crippen LogP contribution in [0.2, 0.25) is 0 Å². The largest absolute Gasteiger partial charge is 0.459 e. The highest BCUT2D eigenvalue weighted by Gasteiger charge is 2.16. The molecule has 0 fully saturated rings. The molecule has 0 aliphatic heterocycles. The van der Waals surface area contributed by atoms with E-state index in [-0.39, 0.29) is 35.9 Å². The molecule has 144 valence electrons. The van der Waals surface area contributed by atoms with Gasteiger partial charge in [-0.25, -0.2) is 8.78 Å². The van der Waals surface area contributed by atoms with Crippen LogP contribution in [-0.2, 0) is 4.79 Å². The molecule has 1 aromatic heterocycles. The van der Waals surface area contributed by atoms with Crippen LogP contribution in [0.1, 0.15) is 23.4 Å². The molecule has 28 heavy (non-hydrogen) atoms. The van der Waals surface area contributed by atoms with Gasteiger partial charge in [-0.05, 0) is 30.2 Å². The highest BCUT2D eigenvalue weighted by molar-refractivity contribution is 5.96. The summed E-state index contributed by atoms with van der Waals surface area (Å²) in [6.45, 7) is 0.254. The quantitative estimate of drug-likeness (QED) is 0.594. The van der Waals surface area contributed by atoms with Crippen LogP contribution in [0.5, 0.6) is 0 Å². The highest BCUT2D eigenvalue weighted by atomic mass is 19.1. The second-order valence-corrected chi connectivity index (χ2v) is 6.06. The lowest BCUT2D eigenvalue weighted by atomic mass is 10.0. The fraction of sp³-hybridized carbons (Fsp3) is 0.143. The number of furan rings is 1. The molecule has 0 unspecified atom stereocenters. The van der Waals surface area contributed by atoms with E-state index in [2.05, 4.69) is 10.6 Å². The summed E-state index contributed by atoms with van der Waals surface area (Å²) < 4.78 is 32.9. The monoisotopic (exact) mass is 384 g/mol. The molecule has 0 atom stereocenters. The van der Waals surface area contributed by atoms with Gasteiger partial charge in [-0.15, -0.1) is 0 Å². The maximum absolute atomic E-state index is 14.3. The summed E-state index contributed by atoms with van der Waals surface area (Å²) in [5.41, 5.74) is 0.775. The Hall–Kier alpha value is -3.48. The Labute approximate surface area is 160 Å². The molecule has 3 aromatic rings. The Morgan fingerprint density at radius 1 is 1.00 bits per heavy atom. The molecule has 0 saturated carbocycles. The summed E-state index contributed by atoms with van der Waals surface area (Å²) in [6, 6.07) is 13.7. The molecule has 2 amide bonds. The number of hydrogen-bond donors (Lipinski definition) is 2. The van der Waals surface area contributed by atoms with E-state index < -0.39 is 17.5 Å². The number of halogens is 2. The van der Waals surface area contributed by atoms with Crippen LogP contribution in [0.3, 0.4) is 0 Å². The maximum Gasteiger partial charge on any atom is 0.286 e. The van der Waals surface area contributed by atoms with E-state index in [9.17, 15) is 18.4 Å². The fourth-order valence-corrected chi connectivity index (χ4v) is 2.69. The third kappa shape index (κ3) is 4.82. The molecule has 0 spiro atoms. The minimum absolute atomic E-state index is 0.0590. The van der Waals surface area contributed by atoms with Crippen molar-refractivity contribution in [2.45, 2.75) is 12.8 Å². The fourth-order valence-electron chi connectivity index (χ4n) is 2.69. The van der Waals surface area contributed by atoms with Gasteiger partial charge in [-0.2, -0.15) is 0 Å². The van der Waals surface area contributed by atoms with E-state index in [1.54, 1.807) is 36.4 Å². The molecule has 1 heterocycles. The smallest absolute Gasteiger partial charge is 0.286 e. The molecule has 0 radical (unpaired) electrons. The molecule has 0 aliphatic carbocycles. The summed E-state index contributed by atoms with van der Waals surface area (Å²) in [4.78, 5) is 23.9. The van der Waals surface area contributed by atoms with Crippen molar-refractivity contribution in [2.75, 3.05) is 11.9 Å². The standard InChI is InChI=1S/C21H18F2N2O3/c22-15-12-16(14-6-2-1-3-7-14)20(17(23)13-15)25-19(26)9-4-10-24-21(27)18-8-5-11-28-18/h1-3,5-8,11-13H,4,9-10H2,(H,24,27)(H,25,26). The van der Waals surface area contributed by atoms with Crippen molar-refractivity contribution in [3.63, 3.8) is 0 Å². The number of amides is 2. The van der Waals surface area contributed by atoms with E-state index in [0.717, 1.165) is 6.07 Å². The van der Waals surface area contributed by atoms with Gasteiger partial charge in [-0.3, -0.25) is 9.59 Å². The lowest BCUT2D eigenvalue weighted by Crippen LogP contribution is -2.25. The summed E-state index contributed by atoms with van der Waals surface area (Å²) in [5, 5.41) is 5.13. The van der Waals surface area contributed by atoms with Gasteiger partial charge in [0, 0.05) is 24.6 Å². The number of hydrogen-bond acceptors (Lipinski definition) is 3. The Balaban J connectivity index is 1.60. The van der Waals surface area contributed by atoms with E-state index in [1.165, 1.54) is 18.4 Å². The van der Waals surface area contributed by atoms with Crippen LogP contribution >= 0.6 is 0 Å². The summed E-state index contributed by atoms with van der Waals surface area (Å²) in [7, 11) is 0. The van der Waals surface area contributed by atoms with Gasteiger partial charge in [0.2, 0.25) is 5.91 Å². The lowest BCUT2D eigenvalue weighted by Gasteiger charge is -2.13. The number of anilines is 1. The first-order valence-electron chi connectivity index (χ1n) is 8.70. The minimum atomic E-state index is -0.849. The van der Waals surface area contributed by atoms with Gasteiger partial charge in [0.15, 0.2) is 5.76 Å². The predicted molar refractivity (Wildman–Crippen MR) is 101 cm³/mol. The zero-order valence-corrected chi connectivity index (χ0v) is 14.9. The molecule has 0 saturated heterocycles. The van der Waals surface area contributed by atoms with E-state index >= 15 is 0 Å². The van der Waals surface area contributed by atoms with Gasteiger partial charge in [0.05, 0.1) is 12.0 Å². The number of carbonyl (C=O) groups is 2. The Morgan fingerprint density at radius 2 is 1.79 bits per heavy atom. The average Bonchev–Trinajstić information content (AvgIpc) is 3.22. The van der Waals surface area contributed by atoms with Gasteiger partial charge >= 0.3 is 0 Å². The summed E-state index contributed by atoms with van der Waals surface area (Å²) in [5.74, 6) is -2.20. The van der Waals surface area contributed by atoms with E-state index in [1.807, 2.05) is 0 Å². The van der Waals surface area contributed by atoms with Crippen molar-refractivity contribution in [3.05, 3.63) is 78.3 Å². The second kappa shape index (κ2) is 8.94. The predicted octanol–water partition coefficient (Wildman–Crippen LogP) is 4.37. The molecule has 2 N–H and O–H groups in total. The van der Waals surface area contributed by atoms with E-state index in [4.69, 9.17) is 4.42 Å². The van der Waals surface area contributed by atoms with Crippen LogP contribution in [0.15, 0.2) is 65.3 Å². The first-order chi connectivity index (χ1) is 13.5. The summed E-state index contributed by atoms with van der Waals surface area (Å²) >= 11 is 0. The number of rotatable bonds is 7. The van der Waals surface area contributed by atoms with Crippen LogP contribution in [0.4, 0.5) is 14.5 Å². The van der Waals surface area contributed by atoms with Gasteiger partial charge in [-0.1, -0.05) is 30.3 Å². The van der Waals surface area contributed by atoms with Crippen molar-refractivity contribution in [1.82, 2.24) is 5.32 Å². The van der Waals surface area contributed by atoms with Gasteiger partial charge < -0.3 is 15.1 Å². The van der Waals surface area contributed by atoms with Gasteiger partial charge in [0.25, 0.3) is 5.91 Å². The Morgan fingerprint density at radius 3 is 2.50 bits per heavy atom.